The Bertz CT molecular complexity index is 874. The fourth-order valence-electron chi connectivity index (χ4n) is 6.78. The maximum absolute atomic E-state index is 13.9. The third-order valence-electron chi connectivity index (χ3n) is 7.87. The van der Waals surface area contributed by atoms with Crippen LogP contribution in [0.3, 0.4) is 0 Å². The average molecular weight is 410 g/mol. The van der Waals surface area contributed by atoms with Gasteiger partial charge in [-0.3, -0.25) is 9.78 Å². The zero-order valence-electron chi connectivity index (χ0n) is 17.6. The second-order valence-electron chi connectivity index (χ2n) is 10.2. The minimum atomic E-state index is -0.957. The molecule has 2 N–H and O–H groups in total. The van der Waals surface area contributed by atoms with Crippen LogP contribution >= 0.6 is 0 Å². The molecule has 4 bridgehead atoms. The van der Waals surface area contributed by atoms with Crippen LogP contribution in [0.2, 0.25) is 0 Å². The van der Waals surface area contributed by atoms with Crippen molar-refractivity contribution in [1.29, 1.82) is 0 Å². The summed E-state index contributed by atoms with van der Waals surface area (Å²) in [6.07, 6.45) is 13.2. The van der Waals surface area contributed by atoms with E-state index >= 15 is 0 Å². The Kier molecular flexibility index (Phi) is 4.92. The van der Waals surface area contributed by atoms with E-state index in [9.17, 15) is 9.90 Å². The van der Waals surface area contributed by atoms with Gasteiger partial charge in [-0.1, -0.05) is 5.16 Å². The molecule has 0 aromatic carbocycles. The monoisotopic (exact) mass is 409 g/mol. The summed E-state index contributed by atoms with van der Waals surface area (Å²) in [5.41, 5.74) is 1.59. The van der Waals surface area contributed by atoms with Gasteiger partial charge < -0.3 is 14.9 Å². The molecule has 0 aliphatic heterocycles. The Balaban J connectivity index is 1.44. The molecule has 6 rings (SSSR count). The SMILES string of the molecule is Cc1nocc1CC(CO)(Cc1ccncc1)C(=O)NC12CC3CC(CC(C3)C1)C2. The molecule has 160 valence electrons. The van der Waals surface area contributed by atoms with Crippen LogP contribution in [0.4, 0.5) is 0 Å². The molecule has 1 atom stereocenters. The normalized spacial score (nSPS) is 31.5. The van der Waals surface area contributed by atoms with Crippen LogP contribution in [0, 0.1) is 30.1 Å². The van der Waals surface area contributed by atoms with Crippen LogP contribution in [0.15, 0.2) is 35.3 Å². The highest BCUT2D eigenvalue weighted by Gasteiger charge is 2.53. The van der Waals surface area contributed by atoms with Gasteiger partial charge in [-0.25, -0.2) is 0 Å². The van der Waals surface area contributed by atoms with Crippen molar-refractivity contribution in [2.24, 2.45) is 23.2 Å². The summed E-state index contributed by atoms with van der Waals surface area (Å²) in [6, 6.07) is 3.84. The second kappa shape index (κ2) is 7.49. The number of rotatable bonds is 7. The third-order valence-corrected chi connectivity index (χ3v) is 7.87. The maximum Gasteiger partial charge on any atom is 0.229 e. The van der Waals surface area contributed by atoms with Gasteiger partial charge in [0, 0.05) is 23.5 Å². The highest BCUT2D eigenvalue weighted by atomic mass is 16.5. The molecule has 1 amide bonds. The van der Waals surface area contributed by atoms with Gasteiger partial charge in [0.1, 0.15) is 6.26 Å². The van der Waals surface area contributed by atoms with Gasteiger partial charge in [0.15, 0.2) is 0 Å². The minimum absolute atomic E-state index is 0.0376. The fourth-order valence-corrected chi connectivity index (χ4v) is 6.78. The minimum Gasteiger partial charge on any atom is -0.395 e. The molecular formula is C24H31N3O3. The van der Waals surface area contributed by atoms with E-state index in [0.29, 0.717) is 12.8 Å². The van der Waals surface area contributed by atoms with Crippen LogP contribution in [-0.4, -0.2) is 33.3 Å². The first-order valence-corrected chi connectivity index (χ1v) is 11.2. The number of nitrogens with zero attached hydrogens (tertiary/aromatic N) is 2. The average Bonchev–Trinajstić information content (AvgIpc) is 3.11. The van der Waals surface area contributed by atoms with Crippen molar-refractivity contribution in [3.8, 4) is 0 Å². The molecule has 6 nitrogen and oxygen atoms in total. The highest BCUT2D eigenvalue weighted by Crippen LogP contribution is 2.55. The van der Waals surface area contributed by atoms with Gasteiger partial charge in [-0.2, -0.15) is 0 Å². The number of aromatic nitrogens is 2. The van der Waals surface area contributed by atoms with Gasteiger partial charge in [0.2, 0.25) is 5.91 Å². The first kappa shape index (κ1) is 19.7. The van der Waals surface area contributed by atoms with E-state index < -0.39 is 5.41 Å². The zero-order chi connectivity index (χ0) is 20.8. The van der Waals surface area contributed by atoms with E-state index in [2.05, 4.69) is 15.5 Å². The van der Waals surface area contributed by atoms with Crippen LogP contribution in [0.25, 0.3) is 0 Å². The van der Waals surface area contributed by atoms with Gasteiger partial charge in [-0.15, -0.1) is 0 Å². The van der Waals surface area contributed by atoms with Crippen molar-refractivity contribution >= 4 is 5.91 Å². The van der Waals surface area contributed by atoms with Gasteiger partial charge in [0.05, 0.1) is 17.7 Å². The molecule has 4 saturated carbocycles. The summed E-state index contributed by atoms with van der Waals surface area (Å²) in [6.45, 7) is 1.66. The standard InChI is InChI=1S/C24H31N3O3/c1-16-21(14-30-27-16)13-23(15-28,9-17-2-4-25-5-3-17)22(29)26-24-10-18-6-19(11-24)8-20(7-18)12-24/h2-5,14,18-20,28H,6-13,15H2,1H3,(H,26,29). The van der Waals surface area contributed by atoms with Crippen molar-refractivity contribution in [2.45, 2.75) is 63.8 Å². The molecule has 0 radical (unpaired) electrons. The number of aliphatic hydroxyl groups is 1. The maximum atomic E-state index is 13.9. The smallest absolute Gasteiger partial charge is 0.229 e. The van der Waals surface area contributed by atoms with Crippen LogP contribution in [0.5, 0.6) is 0 Å². The van der Waals surface area contributed by atoms with Crippen LogP contribution < -0.4 is 5.32 Å². The molecule has 0 spiro atoms. The van der Waals surface area contributed by atoms with E-state index in [-0.39, 0.29) is 18.1 Å². The Morgan fingerprint density at radius 3 is 2.33 bits per heavy atom. The van der Waals surface area contributed by atoms with Gasteiger partial charge in [0.25, 0.3) is 0 Å². The number of amides is 1. The lowest BCUT2D eigenvalue weighted by Gasteiger charge is -2.57. The fraction of sp³-hybridized carbons (Fsp3) is 0.625. The number of aryl methyl sites for hydroxylation is 1. The first-order chi connectivity index (χ1) is 14.5. The molecule has 1 unspecified atom stereocenters. The molecule has 30 heavy (non-hydrogen) atoms. The summed E-state index contributed by atoms with van der Waals surface area (Å²) in [7, 11) is 0. The van der Waals surface area contributed by atoms with Crippen LogP contribution in [-0.2, 0) is 17.6 Å². The van der Waals surface area contributed by atoms with Crippen molar-refractivity contribution in [3.63, 3.8) is 0 Å². The van der Waals surface area contributed by atoms with Gasteiger partial charge in [-0.05, 0) is 93.7 Å². The third kappa shape index (κ3) is 3.55. The summed E-state index contributed by atoms with van der Waals surface area (Å²) >= 11 is 0. The molecule has 4 aliphatic rings. The molecule has 6 heteroatoms. The summed E-state index contributed by atoms with van der Waals surface area (Å²) in [5, 5.41) is 18.1. The van der Waals surface area contributed by atoms with E-state index in [4.69, 9.17) is 4.52 Å². The largest absolute Gasteiger partial charge is 0.395 e. The molecule has 2 aromatic rings. The molecule has 0 saturated heterocycles. The van der Waals surface area contributed by atoms with E-state index in [1.54, 1.807) is 18.7 Å². The summed E-state index contributed by atoms with van der Waals surface area (Å²) in [4.78, 5) is 18.0. The predicted molar refractivity (Wildman–Crippen MR) is 111 cm³/mol. The zero-order valence-corrected chi connectivity index (χ0v) is 17.6. The topological polar surface area (TPSA) is 88.2 Å². The molecule has 2 aromatic heterocycles. The lowest BCUT2D eigenvalue weighted by atomic mass is 9.53. The molecule has 4 aliphatic carbocycles. The van der Waals surface area contributed by atoms with Gasteiger partial charge >= 0.3 is 0 Å². The molecule has 2 heterocycles. The first-order valence-electron chi connectivity index (χ1n) is 11.2. The predicted octanol–water partition coefficient (Wildman–Crippen LogP) is 3.23. The summed E-state index contributed by atoms with van der Waals surface area (Å²) in [5.74, 6) is 2.21. The second-order valence-corrected chi connectivity index (χ2v) is 10.2. The lowest BCUT2D eigenvalue weighted by molar-refractivity contribution is -0.139. The number of aliphatic hydroxyl groups excluding tert-OH is 1. The summed E-state index contributed by atoms with van der Waals surface area (Å²) < 4.78 is 5.13. The lowest BCUT2D eigenvalue weighted by Crippen LogP contribution is -2.63. The van der Waals surface area contributed by atoms with Crippen molar-refractivity contribution in [2.75, 3.05) is 6.61 Å². The van der Waals surface area contributed by atoms with E-state index in [0.717, 1.165) is 53.8 Å². The Morgan fingerprint density at radius 1 is 1.17 bits per heavy atom. The Morgan fingerprint density at radius 2 is 1.80 bits per heavy atom. The number of hydrogen-bond acceptors (Lipinski definition) is 5. The van der Waals surface area contributed by atoms with Crippen molar-refractivity contribution in [1.82, 2.24) is 15.5 Å². The molecular weight excluding hydrogens is 378 g/mol. The van der Waals surface area contributed by atoms with E-state index in [1.807, 2.05) is 19.1 Å². The number of hydrogen-bond donors (Lipinski definition) is 2. The Labute approximate surface area is 177 Å². The number of nitrogens with one attached hydrogen (secondary N) is 1. The number of pyridine rings is 1. The number of carbonyl (C=O) groups is 1. The van der Waals surface area contributed by atoms with Crippen molar-refractivity contribution < 1.29 is 14.4 Å². The van der Waals surface area contributed by atoms with E-state index in [1.165, 1.54) is 19.3 Å². The quantitative estimate of drug-likeness (QED) is 0.733. The highest BCUT2D eigenvalue weighted by molar-refractivity contribution is 5.84. The van der Waals surface area contributed by atoms with Crippen LogP contribution in [0.1, 0.15) is 55.3 Å². The Hall–Kier alpha value is -2.21. The number of carbonyl (C=O) groups excluding carboxylic acids is 1. The molecule has 4 fully saturated rings. The van der Waals surface area contributed by atoms with Crippen molar-refractivity contribution in [3.05, 3.63) is 47.6 Å².